The Hall–Kier alpha value is -2.03. The van der Waals surface area contributed by atoms with Crippen molar-refractivity contribution in [3.8, 4) is 0 Å². The summed E-state index contributed by atoms with van der Waals surface area (Å²) in [5.41, 5.74) is 1.66. The maximum absolute atomic E-state index is 12.3. The molecule has 1 aliphatic carbocycles. The van der Waals surface area contributed by atoms with Gasteiger partial charge in [-0.25, -0.2) is 0 Å². The molecule has 1 aromatic heterocycles. The minimum Gasteiger partial charge on any atom is -0.467 e. The summed E-state index contributed by atoms with van der Waals surface area (Å²) in [6.45, 7) is 1.96. The number of hydrogen-bond acceptors (Lipinski definition) is 3. The molecule has 0 spiro atoms. The monoisotopic (exact) mass is 468 g/mol. The van der Waals surface area contributed by atoms with Gasteiger partial charge in [0.25, 0.3) is 5.91 Å². The van der Waals surface area contributed by atoms with Crippen molar-refractivity contribution in [2.45, 2.75) is 25.9 Å². The molecular formula is C19H25IN4O2. The zero-order chi connectivity index (χ0) is 17.5. The molecule has 140 valence electrons. The highest BCUT2D eigenvalue weighted by molar-refractivity contribution is 14.0. The van der Waals surface area contributed by atoms with Gasteiger partial charge in [-0.15, -0.1) is 24.0 Å². The molecule has 1 heterocycles. The zero-order valence-electron chi connectivity index (χ0n) is 14.8. The van der Waals surface area contributed by atoms with Crippen molar-refractivity contribution < 1.29 is 9.21 Å². The average molecular weight is 468 g/mol. The summed E-state index contributed by atoms with van der Waals surface area (Å²) < 4.78 is 5.22. The standard InChI is InChI=1S/C19H24N4O2.HI/c1-20-19(22-11-14-7-8-14)23-12-15-4-2-5-16(10-15)18(24)21-13-17-6-3-9-25-17;/h2-6,9-10,14H,7-8,11-13H2,1H3,(H,21,24)(H2,20,22,23);1H. The van der Waals surface area contributed by atoms with Gasteiger partial charge in [0.2, 0.25) is 0 Å². The Bertz CT molecular complexity index is 727. The molecule has 0 aliphatic heterocycles. The molecule has 1 amide bonds. The van der Waals surface area contributed by atoms with E-state index in [1.54, 1.807) is 25.4 Å². The summed E-state index contributed by atoms with van der Waals surface area (Å²) in [6.07, 6.45) is 4.20. The second-order valence-electron chi connectivity index (χ2n) is 6.21. The van der Waals surface area contributed by atoms with Crippen LogP contribution in [0.3, 0.4) is 0 Å². The molecule has 1 aromatic carbocycles. The smallest absolute Gasteiger partial charge is 0.251 e. The maximum Gasteiger partial charge on any atom is 0.251 e. The van der Waals surface area contributed by atoms with E-state index in [4.69, 9.17) is 4.42 Å². The first-order valence-electron chi connectivity index (χ1n) is 8.58. The van der Waals surface area contributed by atoms with Crippen molar-refractivity contribution in [2.75, 3.05) is 13.6 Å². The van der Waals surface area contributed by atoms with E-state index in [9.17, 15) is 4.79 Å². The quantitative estimate of drug-likeness (QED) is 0.332. The highest BCUT2D eigenvalue weighted by Crippen LogP contribution is 2.27. The first-order valence-corrected chi connectivity index (χ1v) is 8.58. The summed E-state index contributed by atoms with van der Waals surface area (Å²) >= 11 is 0. The molecule has 0 bridgehead atoms. The molecule has 3 rings (SSSR count). The van der Waals surface area contributed by atoms with E-state index in [2.05, 4.69) is 20.9 Å². The second kappa shape index (κ2) is 10.2. The summed E-state index contributed by atoms with van der Waals surface area (Å²) in [6, 6.07) is 11.2. The fraction of sp³-hybridized carbons (Fsp3) is 0.368. The van der Waals surface area contributed by atoms with Gasteiger partial charge in [-0.3, -0.25) is 9.79 Å². The van der Waals surface area contributed by atoms with Gasteiger partial charge < -0.3 is 20.4 Å². The number of carbonyl (C=O) groups excluding carboxylic acids is 1. The van der Waals surface area contributed by atoms with E-state index in [-0.39, 0.29) is 29.9 Å². The van der Waals surface area contributed by atoms with Gasteiger partial charge in [0, 0.05) is 25.7 Å². The average Bonchev–Trinajstić information content (AvgIpc) is 3.33. The minimum atomic E-state index is -0.116. The van der Waals surface area contributed by atoms with Gasteiger partial charge in [0.05, 0.1) is 12.8 Å². The Kier molecular flexibility index (Phi) is 7.96. The Morgan fingerprint density at radius 2 is 2.00 bits per heavy atom. The lowest BCUT2D eigenvalue weighted by molar-refractivity contribution is 0.0948. The van der Waals surface area contributed by atoms with Crippen molar-refractivity contribution >= 4 is 35.8 Å². The molecule has 0 unspecified atom stereocenters. The molecule has 6 nitrogen and oxygen atoms in total. The molecule has 2 aromatic rings. The number of nitrogens with zero attached hydrogens (tertiary/aromatic N) is 1. The molecule has 0 radical (unpaired) electrons. The number of amides is 1. The van der Waals surface area contributed by atoms with Gasteiger partial charge in [0.15, 0.2) is 5.96 Å². The molecule has 3 N–H and O–H groups in total. The van der Waals surface area contributed by atoms with Crippen LogP contribution in [0.5, 0.6) is 0 Å². The largest absolute Gasteiger partial charge is 0.467 e. The summed E-state index contributed by atoms with van der Waals surface area (Å²) in [7, 11) is 1.76. The van der Waals surface area contributed by atoms with E-state index < -0.39 is 0 Å². The predicted molar refractivity (Wildman–Crippen MR) is 113 cm³/mol. The van der Waals surface area contributed by atoms with Crippen LogP contribution in [-0.2, 0) is 13.1 Å². The molecule has 1 aliphatic rings. The number of nitrogens with one attached hydrogen (secondary N) is 3. The number of benzene rings is 1. The van der Waals surface area contributed by atoms with Crippen LogP contribution < -0.4 is 16.0 Å². The molecular weight excluding hydrogens is 443 g/mol. The lowest BCUT2D eigenvalue weighted by atomic mass is 10.1. The van der Waals surface area contributed by atoms with E-state index in [0.29, 0.717) is 18.7 Å². The van der Waals surface area contributed by atoms with Gasteiger partial charge >= 0.3 is 0 Å². The first kappa shape index (κ1) is 20.3. The van der Waals surface area contributed by atoms with Gasteiger partial charge in [-0.05, 0) is 48.6 Å². The highest BCUT2D eigenvalue weighted by atomic mass is 127. The summed E-state index contributed by atoms with van der Waals surface area (Å²) in [4.78, 5) is 16.5. The lowest BCUT2D eigenvalue weighted by Crippen LogP contribution is -2.37. The Morgan fingerprint density at radius 3 is 2.69 bits per heavy atom. The minimum absolute atomic E-state index is 0. The Balaban J connectivity index is 0.00000243. The van der Waals surface area contributed by atoms with Crippen LogP contribution in [0.1, 0.15) is 34.5 Å². The van der Waals surface area contributed by atoms with Crippen molar-refractivity contribution in [1.29, 1.82) is 0 Å². The second-order valence-corrected chi connectivity index (χ2v) is 6.21. The van der Waals surface area contributed by atoms with Gasteiger partial charge in [-0.2, -0.15) is 0 Å². The number of halogens is 1. The van der Waals surface area contributed by atoms with Crippen LogP contribution in [0, 0.1) is 5.92 Å². The van der Waals surface area contributed by atoms with Gasteiger partial charge in [-0.1, -0.05) is 12.1 Å². The van der Waals surface area contributed by atoms with E-state index in [0.717, 1.165) is 29.7 Å². The molecule has 26 heavy (non-hydrogen) atoms. The SMILES string of the molecule is CN=C(NCc1cccc(C(=O)NCc2ccco2)c1)NCC1CC1.I. The third kappa shape index (κ3) is 6.36. The number of aliphatic imine (C=N–C) groups is 1. The lowest BCUT2D eigenvalue weighted by Gasteiger charge is -2.12. The van der Waals surface area contributed by atoms with E-state index >= 15 is 0 Å². The molecule has 7 heteroatoms. The Labute approximate surface area is 170 Å². The van der Waals surface area contributed by atoms with Crippen molar-refractivity contribution in [3.05, 3.63) is 59.5 Å². The fourth-order valence-corrected chi connectivity index (χ4v) is 2.47. The van der Waals surface area contributed by atoms with E-state index in [1.165, 1.54) is 12.8 Å². The highest BCUT2D eigenvalue weighted by Gasteiger charge is 2.21. The van der Waals surface area contributed by atoms with Crippen LogP contribution in [0.2, 0.25) is 0 Å². The van der Waals surface area contributed by atoms with Crippen LogP contribution in [0.4, 0.5) is 0 Å². The third-order valence-corrected chi connectivity index (χ3v) is 4.13. The third-order valence-electron chi connectivity index (χ3n) is 4.13. The number of furan rings is 1. The first-order chi connectivity index (χ1) is 12.2. The van der Waals surface area contributed by atoms with Crippen molar-refractivity contribution in [2.24, 2.45) is 10.9 Å². The molecule has 1 fully saturated rings. The number of hydrogen-bond donors (Lipinski definition) is 3. The fourth-order valence-electron chi connectivity index (χ4n) is 2.47. The van der Waals surface area contributed by atoms with Crippen LogP contribution in [0.15, 0.2) is 52.1 Å². The topological polar surface area (TPSA) is 78.7 Å². The molecule has 0 saturated heterocycles. The summed E-state index contributed by atoms with van der Waals surface area (Å²) in [5.74, 6) is 2.20. The van der Waals surface area contributed by atoms with Crippen molar-refractivity contribution in [1.82, 2.24) is 16.0 Å². The number of rotatable bonds is 7. The molecule has 0 atom stereocenters. The van der Waals surface area contributed by atoms with Crippen molar-refractivity contribution in [3.63, 3.8) is 0 Å². The van der Waals surface area contributed by atoms with Crippen LogP contribution >= 0.6 is 24.0 Å². The van der Waals surface area contributed by atoms with Gasteiger partial charge in [0.1, 0.15) is 5.76 Å². The predicted octanol–water partition coefficient (Wildman–Crippen LogP) is 2.90. The number of guanidine groups is 1. The number of carbonyl (C=O) groups is 1. The van der Waals surface area contributed by atoms with Crippen LogP contribution in [-0.4, -0.2) is 25.5 Å². The maximum atomic E-state index is 12.3. The Morgan fingerprint density at radius 1 is 1.15 bits per heavy atom. The normalized spacial score (nSPS) is 13.7. The zero-order valence-corrected chi connectivity index (χ0v) is 17.2. The van der Waals surface area contributed by atoms with Crippen LogP contribution in [0.25, 0.3) is 0 Å². The molecule has 1 saturated carbocycles. The summed E-state index contributed by atoms with van der Waals surface area (Å²) in [5, 5.41) is 9.46. The van der Waals surface area contributed by atoms with E-state index in [1.807, 2.05) is 24.3 Å².